The van der Waals surface area contributed by atoms with Crippen LogP contribution in [0.1, 0.15) is 17.3 Å². The molecule has 10 nitrogen and oxygen atoms in total. The van der Waals surface area contributed by atoms with Gasteiger partial charge >= 0.3 is 16.9 Å². The second kappa shape index (κ2) is 9.71. The van der Waals surface area contributed by atoms with Crippen LogP contribution in [-0.2, 0) is 9.53 Å². The zero-order valence-electron chi connectivity index (χ0n) is 13.9. The average molecular weight is 413 g/mol. The molecule has 2 aromatic rings. The van der Waals surface area contributed by atoms with Gasteiger partial charge in [0.05, 0.1) is 10.5 Å². The van der Waals surface area contributed by atoms with Gasteiger partial charge in [0.1, 0.15) is 18.6 Å². The lowest BCUT2D eigenvalue weighted by Gasteiger charge is -2.10. The van der Waals surface area contributed by atoms with Crippen molar-refractivity contribution in [3.8, 4) is 5.75 Å². The van der Waals surface area contributed by atoms with Gasteiger partial charge in [-0.1, -0.05) is 12.1 Å². The number of rotatable bonds is 7. The summed E-state index contributed by atoms with van der Waals surface area (Å²) in [4.78, 5) is 44.0. The van der Waals surface area contributed by atoms with Crippen molar-refractivity contribution in [1.29, 1.82) is 0 Å². The van der Waals surface area contributed by atoms with Crippen molar-refractivity contribution in [1.82, 2.24) is 9.82 Å². The van der Waals surface area contributed by atoms with Crippen molar-refractivity contribution in [3.63, 3.8) is 0 Å². The van der Waals surface area contributed by atoms with Gasteiger partial charge in [0.15, 0.2) is 5.78 Å². The molecule has 0 radical (unpaired) electrons. The first-order valence-corrected chi connectivity index (χ1v) is 8.59. The fourth-order valence-electron chi connectivity index (χ4n) is 1.78. The number of halogens is 1. The number of carbonyl (C=O) groups is 2. The molecule has 0 amide bonds. The highest BCUT2D eigenvalue weighted by molar-refractivity contribution is 7.18. The second-order valence-electron chi connectivity index (χ2n) is 4.83. The maximum Gasteiger partial charge on any atom is 0.394 e. The van der Waals surface area contributed by atoms with Crippen molar-refractivity contribution >= 4 is 50.9 Å². The van der Waals surface area contributed by atoms with E-state index >= 15 is 0 Å². The topological polar surface area (TPSA) is 133 Å². The molecule has 1 aromatic heterocycles. The maximum absolute atomic E-state index is 12.3. The Labute approximate surface area is 162 Å². The molecule has 0 aliphatic rings. The largest absolute Gasteiger partial charge is 0.457 e. The Morgan fingerprint density at radius 2 is 2.15 bits per heavy atom. The minimum atomic E-state index is -0.946. The number of nitrogens with one attached hydrogen (secondary N) is 1. The number of Topliss-reactive ketones (excluding diaryl/α,β-unsaturated/α-hetero) is 1. The number of esters is 1. The highest BCUT2D eigenvalue weighted by Crippen LogP contribution is 2.28. The zero-order valence-corrected chi connectivity index (χ0v) is 15.5. The monoisotopic (exact) mass is 412 g/mol. The fraction of sp³-hybridized carbons (Fsp3) is 0.200. The molecule has 12 heteroatoms. The number of thiazole rings is 1. The summed E-state index contributed by atoms with van der Waals surface area (Å²) in [5, 5.41) is 10.4. The van der Waals surface area contributed by atoms with Crippen LogP contribution in [0.5, 0.6) is 5.75 Å². The van der Waals surface area contributed by atoms with Gasteiger partial charge in [-0.2, -0.15) is 4.99 Å². The Bertz CT molecular complexity index is 885. The molecule has 0 fully saturated rings. The molecule has 0 atom stereocenters. The normalized spacial score (nSPS) is 11.1. The van der Waals surface area contributed by atoms with Crippen molar-refractivity contribution < 1.29 is 24.0 Å². The van der Waals surface area contributed by atoms with Gasteiger partial charge in [0.2, 0.25) is 5.13 Å². The highest BCUT2D eigenvalue weighted by Gasteiger charge is 2.21. The summed E-state index contributed by atoms with van der Waals surface area (Å²) in [7, 11) is 0. The van der Waals surface area contributed by atoms with Crippen LogP contribution in [0.25, 0.3) is 0 Å². The van der Waals surface area contributed by atoms with Crippen LogP contribution >= 0.6 is 23.1 Å². The number of aliphatic imine (C=N–C) groups is 1. The summed E-state index contributed by atoms with van der Waals surface area (Å²) in [6.45, 7) is 1.44. The molecule has 1 heterocycles. The summed E-state index contributed by atoms with van der Waals surface area (Å²) in [5.74, 6) is -1.67. The van der Waals surface area contributed by atoms with Crippen molar-refractivity contribution in [2.45, 2.75) is 6.92 Å². The number of ether oxygens (including phenoxy) is 2. The van der Waals surface area contributed by atoms with Crippen LogP contribution in [0.3, 0.4) is 0 Å². The number of nitrogens with zero attached hydrogens (tertiary/aromatic N) is 3. The third-order valence-corrected chi connectivity index (χ3v) is 3.97. The number of hydrogen-bond acceptors (Lipinski definition) is 10. The maximum atomic E-state index is 12.3. The molecule has 2 rings (SSSR count). The summed E-state index contributed by atoms with van der Waals surface area (Å²) < 4.78 is 10.4. The molecule has 0 saturated heterocycles. The van der Waals surface area contributed by atoms with Crippen LogP contribution in [0.2, 0.25) is 0 Å². The van der Waals surface area contributed by atoms with Crippen molar-refractivity contribution in [2.24, 2.45) is 4.99 Å². The van der Waals surface area contributed by atoms with Crippen molar-refractivity contribution in [2.75, 3.05) is 13.2 Å². The predicted molar refractivity (Wildman–Crippen MR) is 97.8 cm³/mol. The van der Waals surface area contributed by atoms with E-state index in [9.17, 15) is 19.7 Å². The lowest BCUT2D eigenvalue weighted by atomic mass is 10.1. The van der Waals surface area contributed by atoms with Gasteiger partial charge in [0.25, 0.3) is 0 Å². The highest BCUT2D eigenvalue weighted by atomic mass is 35.5. The molecule has 27 heavy (non-hydrogen) atoms. The molecule has 1 aromatic carbocycles. The number of ketones is 1. The Morgan fingerprint density at radius 1 is 1.41 bits per heavy atom. The van der Waals surface area contributed by atoms with E-state index in [1.807, 2.05) is 0 Å². The van der Waals surface area contributed by atoms with Gasteiger partial charge in [-0.25, -0.2) is 14.6 Å². The minimum Gasteiger partial charge on any atom is -0.457 e. The second-order valence-corrected chi connectivity index (χ2v) is 6.08. The quantitative estimate of drug-likeness (QED) is 0.107. The van der Waals surface area contributed by atoms with Gasteiger partial charge in [-0.3, -0.25) is 14.9 Å². The number of benzene rings is 1. The predicted octanol–water partition coefficient (Wildman–Crippen LogP) is 2.65. The Kier molecular flexibility index (Phi) is 7.34. The molecule has 0 unspecified atom stereocenters. The van der Waals surface area contributed by atoms with E-state index in [-0.39, 0.29) is 40.4 Å². The lowest BCUT2D eigenvalue weighted by molar-refractivity contribution is -0.380. The summed E-state index contributed by atoms with van der Waals surface area (Å²) in [6, 6.07) is 6.24. The molecule has 0 spiro atoms. The number of para-hydroxylation sites is 1. The molecule has 142 valence electrons. The van der Waals surface area contributed by atoms with E-state index in [4.69, 9.17) is 21.3 Å². The fourth-order valence-corrected chi connectivity index (χ4v) is 2.46. The molecular weight excluding hydrogens is 400 g/mol. The van der Waals surface area contributed by atoms with Crippen LogP contribution in [0.15, 0.2) is 35.5 Å². The molecular formula is C15H13ClN4O6S. The first-order chi connectivity index (χ1) is 12.9. The third kappa shape index (κ3) is 5.81. The standard InChI is InChI=1S/C15H13ClN4O6S/c1-9(21)10-4-2-3-5-11(10)26-13(14(22)25-7-6-18-16)19-15-17-8-12(27-15)20(23)24/h2-5,8,18H,6-7H2,1H3. The number of aromatic nitrogens is 1. The number of hydrogen-bond donors (Lipinski definition) is 1. The average Bonchev–Trinajstić information content (AvgIpc) is 3.10. The molecule has 0 bridgehead atoms. The Hall–Kier alpha value is -2.89. The molecule has 0 aliphatic carbocycles. The van der Waals surface area contributed by atoms with E-state index in [1.165, 1.54) is 19.1 Å². The van der Waals surface area contributed by atoms with Gasteiger partial charge in [0, 0.05) is 6.54 Å². The number of carbonyl (C=O) groups excluding carboxylic acids is 2. The number of nitro groups is 1. The van der Waals surface area contributed by atoms with Crippen molar-refractivity contribution in [3.05, 3.63) is 46.1 Å². The smallest absolute Gasteiger partial charge is 0.394 e. The van der Waals surface area contributed by atoms with E-state index in [1.54, 1.807) is 12.1 Å². The lowest BCUT2D eigenvalue weighted by Crippen LogP contribution is -2.26. The Balaban J connectivity index is 2.34. The van der Waals surface area contributed by atoms with Gasteiger partial charge < -0.3 is 9.47 Å². The summed E-state index contributed by atoms with van der Waals surface area (Å²) in [6.07, 6.45) is 1.01. The summed E-state index contributed by atoms with van der Waals surface area (Å²) >= 11 is 5.95. The zero-order chi connectivity index (χ0) is 19.8. The van der Waals surface area contributed by atoms with Crippen LogP contribution in [0.4, 0.5) is 10.1 Å². The Morgan fingerprint density at radius 3 is 2.78 bits per heavy atom. The van der Waals surface area contributed by atoms with Crippen LogP contribution in [-0.4, -0.2) is 40.7 Å². The first kappa shape index (κ1) is 20.4. The molecule has 1 N–H and O–H groups in total. The van der Waals surface area contributed by atoms with E-state index in [2.05, 4.69) is 14.8 Å². The van der Waals surface area contributed by atoms with Gasteiger partial charge in [-0.15, -0.1) is 0 Å². The van der Waals surface area contributed by atoms with Crippen LogP contribution in [0, 0.1) is 10.1 Å². The van der Waals surface area contributed by atoms with E-state index in [0.29, 0.717) is 11.3 Å². The van der Waals surface area contributed by atoms with E-state index < -0.39 is 16.8 Å². The minimum absolute atomic E-state index is 0.0723. The van der Waals surface area contributed by atoms with E-state index in [0.717, 1.165) is 6.20 Å². The van der Waals surface area contributed by atoms with Gasteiger partial charge in [-0.05, 0) is 42.2 Å². The molecule has 0 saturated carbocycles. The van der Waals surface area contributed by atoms with Crippen LogP contribution < -0.4 is 9.57 Å². The summed E-state index contributed by atoms with van der Waals surface area (Å²) in [5.41, 5.74) is 0.227. The third-order valence-electron chi connectivity index (χ3n) is 2.94. The SMILES string of the molecule is CC(=O)c1ccccc1OC(=Nc1ncc([N+](=O)[O-])s1)C(=O)OCCNCl. The molecule has 0 aliphatic heterocycles. The first-order valence-electron chi connectivity index (χ1n) is 7.39.